The van der Waals surface area contributed by atoms with Crippen molar-refractivity contribution >= 4 is 23.6 Å². The predicted octanol–water partition coefficient (Wildman–Crippen LogP) is 0.0681. The van der Waals surface area contributed by atoms with Crippen LogP contribution >= 0.6 is 11.8 Å². The fraction of sp³-hybridized carbons (Fsp3) is 0.667. The molecule has 0 saturated heterocycles. The van der Waals surface area contributed by atoms with Gasteiger partial charge < -0.3 is 10.8 Å². The summed E-state index contributed by atoms with van der Waals surface area (Å²) in [5.41, 5.74) is 4.85. The highest BCUT2D eigenvalue weighted by atomic mass is 32.2. The van der Waals surface area contributed by atoms with Gasteiger partial charge in [0, 0.05) is 0 Å². The Morgan fingerprint density at radius 1 is 1.55 bits per heavy atom. The Morgan fingerprint density at radius 3 is 2.27 bits per heavy atom. The average molecular weight is 177 g/mol. The third-order valence-electron chi connectivity index (χ3n) is 1.09. The molecule has 64 valence electrons. The Bertz CT molecular complexity index is 179. The second-order valence-electron chi connectivity index (χ2n) is 2.57. The molecule has 0 aromatic carbocycles. The van der Waals surface area contributed by atoms with Gasteiger partial charge in [0.25, 0.3) is 0 Å². The number of nitrogens with two attached hydrogens (primary N) is 1. The molecule has 0 aliphatic carbocycles. The van der Waals surface area contributed by atoms with Crippen molar-refractivity contribution in [1.82, 2.24) is 0 Å². The Kier molecular flexibility index (Phi) is 3.38. The first-order valence-electron chi connectivity index (χ1n) is 3.02. The number of amides is 1. The van der Waals surface area contributed by atoms with E-state index in [9.17, 15) is 9.59 Å². The normalized spacial score (nSPS) is 11.1. The van der Waals surface area contributed by atoms with E-state index in [1.165, 1.54) is 13.8 Å². The number of thioether (sulfide) groups is 1. The number of rotatable bonds is 4. The first kappa shape index (κ1) is 10.3. The second-order valence-corrected chi connectivity index (χ2v) is 4.17. The van der Waals surface area contributed by atoms with Crippen LogP contribution in [0.2, 0.25) is 0 Å². The summed E-state index contributed by atoms with van der Waals surface area (Å²) < 4.78 is -0.935. The van der Waals surface area contributed by atoms with Gasteiger partial charge in [-0.3, -0.25) is 9.59 Å². The number of carbonyl (C=O) groups is 2. The van der Waals surface area contributed by atoms with Crippen molar-refractivity contribution in [2.45, 2.75) is 18.6 Å². The monoisotopic (exact) mass is 177 g/mol. The van der Waals surface area contributed by atoms with Crippen LogP contribution in [0.1, 0.15) is 13.8 Å². The lowest BCUT2D eigenvalue weighted by atomic mass is 10.2. The average Bonchev–Trinajstić information content (AvgIpc) is 1.84. The summed E-state index contributed by atoms with van der Waals surface area (Å²) in [6, 6.07) is 0. The van der Waals surface area contributed by atoms with Gasteiger partial charge >= 0.3 is 5.97 Å². The molecule has 0 aromatic heterocycles. The van der Waals surface area contributed by atoms with Crippen LogP contribution in [0.25, 0.3) is 0 Å². The maximum atomic E-state index is 10.5. The second kappa shape index (κ2) is 3.61. The molecule has 11 heavy (non-hydrogen) atoms. The minimum atomic E-state index is -0.941. The molecule has 0 spiro atoms. The van der Waals surface area contributed by atoms with E-state index in [2.05, 4.69) is 0 Å². The summed E-state index contributed by atoms with van der Waals surface area (Å²) in [7, 11) is 0. The van der Waals surface area contributed by atoms with Gasteiger partial charge in [-0.15, -0.1) is 11.8 Å². The molecule has 0 aliphatic rings. The molecule has 0 aliphatic heterocycles. The minimum Gasteiger partial charge on any atom is -0.480 e. The lowest BCUT2D eigenvalue weighted by molar-refractivity contribution is -0.138. The van der Waals surface area contributed by atoms with Crippen LogP contribution in [0.5, 0.6) is 0 Å². The zero-order chi connectivity index (χ0) is 9.07. The zero-order valence-electron chi connectivity index (χ0n) is 6.46. The van der Waals surface area contributed by atoms with Crippen molar-refractivity contribution in [3.8, 4) is 0 Å². The summed E-state index contributed by atoms with van der Waals surface area (Å²) in [6.07, 6.45) is 0. The van der Waals surface area contributed by atoms with Gasteiger partial charge in [-0.25, -0.2) is 0 Å². The molecule has 0 atom stereocenters. The van der Waals surface area contributed by atoms with Gasteiger partial charge in [-0.05, 0) is 13.8 Å². The maximum Gasteiger partial charge on any atom is 0.319 e. The smallest absolute Gasteiger partial charge is 0.319 e. The van der Waals surface area contributed by atoms with Gasteiger partial charge in [0.15, 0.2) is 0 Å². The molecule has 5 heteroatoms. The molecule has 1 amide bonds. The maximum absolute atomic E-state index is 10.5. The van der Waals surface area contributed by atoms with Crippen LogP contribution < -0.4 is 5.73 Å². The molecule has 0 saturated carbocycles. The highest BCUT2D eigenvalue weighted by molar-refractivity contribution is 8.01. The highest BCUT2D eigenvalue weighted by Gasteiger charge is 2.27. The van der Waals surface area contributed by atoms with Crippen molar-refractivity contribution in [1.29, 1.82) is 0 Å². The quantitative estimate of drug-likeness (QED) is 0.636. The Hall–Kier alpha value is -0.710. The standard InChI is InChI=1S/C6H11NO3S/c1-6(2,5(9)10)11-3-4(7)8/h3H2,1-2H3,(H2,7,8)(H,9,10). The van der Waals surface area contributed by atoms with Crippen LogP contribution in [-0.2, 0) is 9.59 Å². The molecular weight excluding hydrogens is 166 g/mol. The van der Waals surface area contributed by atoms with E-state index in [4.69, 9.17) is 10.8 Å². The third kappa shape index (κ3) is 3.87. The van der Waals surface area contributed by atoms with Gasteiger partial charge in [-0.2, -0.15) is 0 Å². The van der Waals surface area contributed by atoms with Crippen molar-refractivity contribution in [2.75, 3.05) is 5.75 Å². The van der Waals surface area contributed by atoms with E-state index < -0.39 is 16.6 Å². The van der Waals surface area contributed by atoms with E-state index in [0.717, 1.165) is 11.8 Å². The van der Waals surface area contributed by atoms with E-state index in [0.29, 0.717) is 0 Å². The summed E-state index contributed by atoms with van der Waals surface area (Å²) in [4.78, 5) is 20.7. The molecular formula is C6H11NO3S. The summed E-state index contributed by atoms with van der Waals surface area (Å²) in [6.45, 7) is 3.06. The number of carboxylic acid groups (broad SMARTS) is 1. The lowest BCUT2D eigenvalue weighted by Crippen LogP contribution is -2.29. The van der Waals surface area contributed by atoms with Crippen LogP contribution in [-0.4, -0.2) is 27.5 Å². The molecule has 0 aromatic rings. The van der Waals surface area contributed by atoms with Gasteiger partial charge in [0.1, 0.15) is 4.75 Å². The molecule has 0 bridgehead atoms. The van der Waals surface area contributed by atoms with E-state index in [1.54, 1.807) is 0 Å². The van der Waals surface area contributed by atoms with Crippen molar-refractivity contribution in [2.24, 2.45) is 5.73 Å². The van der Waals surface area contributed by atoms with Gasteiger partial charge in [0.2, 0.25) is 5.91 Å². The van der Waals surface area contributed by atoms with E-state index in [1.807, 2.05) is 0 Å². The number of hydrogen-bond donors (Lipinski definition) is 2. The number of aliphatic carboxylic acids is 1. The molecule has 3 N–H and O–H groups in total. The number of hydrogen-bond acceptors (Lipinski definition) is 3. The summed E-state index contributed by atoms with van der Waals surface area (Å²) >= 11 is 1.02. The number of carboxylic acids is 1. The Labute approximate surface area is 69.1 Å². The van der Waals surface area contributed by atoms with Crippen LogP contribution in [0.3, 0.4) is 0 Å². The summed E-state index contributed by atoms with van der Waals surface area (Å²) in [5, 5.41) is 8.58. The number of carbonyl (C=O) groups excluding carboxylic acids is 1. The minimum absolute atomic E-state index is 0.0410. The fourth-order valence-corrected chi connectivity index (χ4v) is 0.940. The van der Waals surface area contributed by atoms with Crippen LogP contribution in [0.15, 0.2) is 0 Å². The topological polar surface area (TPSA) is 80.4 Å². The first-order chi connectivity index (χ1) is 4.86. The fourth-order valence-electron chi connectivity index (χ4n) is 0.313. The summed E-state index contributed by atoms with van der Waals surface area (Å²) in [5.74, 6) is -1.40. The molecule has 0 heterocycles. The van der Waals surface area contributed by atoms with Crippen molar-refractivity contribution < 1.29 is 14.7 Å². The third-order valence-corrected chi connectivity index (χ3v) is 2.42. The molecule has 0 radical (unpaired) electrons. The first-order valence-corrected chi connectivity index (χ1v) is 4.00. The van der Waals surface area contributed by atoms with Crippen LogP contribution in [0.4, 0.5) is 0 Å². The van der Waals surface area contributed by atoms with Crippen molar-refractivity contribution in [3.05, 3.63) is 0 Å². The van der Waals surface area contributed by atoms with Gasteiger partial charge in [0.05, 0.1) is 5.75 Å². The number of primary amides is 1. The Morgan fingerprint density at radius 2 is 2.00 bits per heavy atom. The highest BCUT2D eigenvalue weighted by Crippen LogP contribution is 2.23. The van der Waals surface area contributed by atoms with Crippen molar-refractivity contribution in [3.63, 3.8) is 0 Å². The van der Waals surface area contributed by atoms with E-state index >= 15 is 0 Å². The molecule has 0 unspecified atom stereocenters. The zero-order valence-corrected chi connectivity index (χ0v) is 7.27. The predicted molar refractivity (Wildman–Crippen MR) is 43.4 cm³/mol. The lowest BCUT2D eigenvalue weighted by Gasteiger charge is -2.16. The Balaban J connectivity index is 3.92. The van der Waals surface area contributed by atoms with Gasteiger partial charge in [-0.1, -0.05) is 0 Å². The van der Waals surface area contributed by atoms with E-state index in [-0.39, 0.29) is 5.75 Å². The SMILES string of the molecule is CC(C)(SCC(N)=O)C(=O)O. The molecule has 0 fully saturated rings. The molecule has 4 nitrogen and oxygen atoms in total. The molecule has 0 rings (SSSR count). The largest absolute Gasteiger partial charge is 0.480 e. The van der Waals surface area contributed by atoms with Crippen LogP contribution in [0, 0.1) is 0 Å².